The number of anilines is 1. The first-order chi connectivity index (χ1) is 13.6. The zero-order chi connectivity index (χ0) is 19.7. The van der Waals surface area contributed by atoms with Crippen molar-refractivity contribution in [3.8, 4) is 0 Å². The Hall–Kier alpha value is -2.30. The minimum atomic E-state index is -1.20. The Morgan fingerprint density at radius 2 is 2.04 bits per heavy atom. The molecule has 3 heterocycles. The van der Waals surface area contributed by atoms with Crippen LogP contribution in [0.1, 0.15) is 11.8 Å². The summed E-state index contributed by atoms with van der Waals surface area (Å²) in [5.74, 6) is 0.553. The monoisotopic (exact) mass is 405 g/mol. The molecule has 1 fully saturated rings. The van der Waals surface area contributed by atoms with Crippen LogP contribution in [0.3, 0.4) is 0 Å². The molecular weight excluding hydrogens is 386 g/mol. The predicted molar refractivity (Wildman–Crippen MR) is 102 cm³/mol. The number of ether oxygens (including phenoxy) is 1. The van der Waals surface area contributed by atoms with Crippen LogP contribution in [0.15, 0.2) is 36.9 Å². The third-order valence-corrected chi connectivity index (χ3v) is 4.98. The standard InChI is InChI=1S/C18H20ClN5O4/c19-11-3-1-2-10(6-11)4-5-20-16-13-17(22-8-21-16)24(9-23-13)18-15(27)14(26)12(7-25)28-18/h1-3,6,8-9,12,14-15,18,25-27H,4-5,7H2,(H,20,21,22)/t12-,14-,15-,18?/m1/s1. The van der Waals surface area contributed by atoms with Gasteiger partial charge in [-0.1, -0.05) is 23.7 Å². The molecule has 0 radical (unpaired) electrons. The summed E-state index contributed by atoms with van der Waals surface area (Å²) in [4.78, 5) is 12.8. The Labute approximate surface area is 165 Å². The number of benzene rings is 1. The van der Waals surface area contributed by atoms with Crippen molar-refractivity contribution in [2.75, 3.05) is 18.5 Å². The minimum absolute atomic E-state index is 0.396. The molecule has 0 amide bonds. The van der Waals surface area contributed by atoms with Crippen LogP contribution in [0.4, 0.5) is 5.82 Å². The van der Waals surface area contributed by atoms with E-state index in [2.05, 4.69) is 20.3 Å². The number of nitrogens with zero attached hydrogens (tertiary/aromatic N) is 4. The normalized spacial score (nSPS) is 24.7. The fourth-order valence-corrected chi connectivity index (χ4v) is 3.51. The Balaban J connectivity index is 1.52. The summed E-state index contributed by atoms with van der Waals surface area (Å²) in [7, 11) is 0. The van der Waals surface area contributed by atoms with Crippen molar-refractivity contribution < 1.29 is 20.1 Å². The van der Waals surface area contributed by atoms with Crippen molar-refractivity contribution in [2.45, 2.75) is 31.0 Å². The summed E-state index contributed by atoms with van der Waals surface area (Å²) in [6, 6.07) is 7.65. The highest BCUT2D eigenvalue weighted by atomic mass is 35.5. The molecule has 1 aromatic carbocycles. The number of hydrogen-bond donors (Lipinski definition) is 4. The highest BCUT2D eigenvalue weighted by Gasteiger charge is 2.44. The fourth-order valence-electron chi connectivity index (χ4n) is 3.30. The Kier molecular flexibility index (Phi) is 5.42. The van der Waals surface area contributed by atoms with Crippen LogP contribution in [-0.2, 0) is 11.2 Å². The maximum Gasteiger partial charge on any atom is 0.167 e. The first kappa shape index (κ1) is 19.0. The Morgan fingerprint density at radius 3 is 2.79 bits per heavy atom. The van der Waals surface area contributed by atoms with E-state index in [0.717, 1.165) is 12.0 Å². The summed E-state index contributed by atoms with van der Waals surface area (Å²) in [6.07, 6.45) is -0.540. The van der Waals surface area contributed by atoms with Gasteiger partial charge in [-0.25, -0.2) is 15.0 Å². The number of rotatable bonds is 6. The van der Waals surface area contributed by atoms with Gasteiger partial charge in [0.1, 0.15) is 24.6 Å². The second-order valence-electron chi connectivity index (χ2n) is 6.58. The molecule has 0 saturated carbocycles. The smallest absolute Gasteiger partial charge is 0.167 e. The summed E-state index contributed by atoms with van der Waals surface area (Å²) >= 11 is 6.01. The third-order valence-electron chi connectivity index (χ3n) is 4.75. The number of nitrogens with one attached hydrogen (secondary N) is 1. The lowest BCUT2D eigenvalue weighted by atomic mass is 10.1. The number of imidazole rings is 1. The SMILES string of the molecule is OC[C@H]1OC(n2cnc3c(NCCc4cccc(Cl)c4)ncnc32)[C@H](O)[C@@H]1O. The number of aliphatic hydroxyl groups is 3. The molecule has 4 atom stereocenters. The largest absolute Gasteiger partial charge is 0.394 e. The van der Waals surface area contributed by atoms with Crippen LogP contribution < -0.4 is 5.32 Å². The molecule has 4 rings (SSSR count). The Bertz CT molecular complexity index is 968. The molecule has 4 N–H and O–H groups in total. The van der Waals surface area contributed by atoms with Gasteiger partial charge in [-0.2, -0.15) is 0 Å². The van der Waals surface area contributed by atoms with Gasteiger partial charge >= 0.3 is 0 Å². The summed E-state index contributed by atoms with van der Waals surface area (Å²) in [5.41, 5.74) is 2.07. The quantitative estimate of drug-likeness (QED) is 0.473. The summed E-state index contributed by atoms with van der Waals surface area (Å²) in [5, 5.41) is 33.4. The molecule has 28 heavy (non-hydrogen) atoms. The van der Waals surface area contributed by atoms with E-state index >= 15 is 0 Å². The molecule has 0 spiro atoms. The van der Waals surface area contributed by atoms with Gasteiger partial charge in [-0.05, 0) is 24.1 Å². The van der Waals surface area contributed by atoms with Crippen molar-refractivity contribution in [3.63, 3.8) is 0 Å². The third kappa shape index (κ3) is 3.54. The lowest BCUT2D eigenvalue weighted by molar-refractivity contribution is -0.0511. The highest BCUT2D eigenvalue weighted by molar-refractivity contribution is 6.30. The van der Waals surface area contributed by atoms with Crippen LogP contribution in [0.25, 0.3) is 11.2 Å². The average Bonchev–Trinajstić information content (AvgIpc) is 3.24. The predicted octanol–water partition coefficient (Wildman–Crippen LogP) is 0.746. The van der Waals surface area contributed by atoms with Crippen molar-refractivity contribution >= 4 is 28.6 Å². The lowest BCUT2D eigenvalue weighted by Crippen LogP contribution is -2.33. The first-order valence-corrected chi connectivity index (χ1v) is 9.24. The van der Waals surface area contributed by atoms with Gasteiger partial charge in [-0.3, -0.25) is 4.57 Å². The Morgan fingerprint density at radius 1 is 1.18 bits per heavy atom. The molecule has 0 aliphatic carbocycles. The van der Waals surface area contributed by atoms with Crippen molar-refractivity contribution in [1.82, 2.24) is 19.5 Å². The molecule has 3 aromatic rings. The van der Waals surface area contributed by atoms with E-state index in [0.29, 0.717) is 28.5 Å². The van der Waals surface area contributed by atoms with E-state index in [4.69, 9.17) is 16.3 Å². The second kappa shape index (κ2) is 7.98. The zero-order valence-corrected chi connectivity index (χ0v) is 15.6. The van der Waals surface area contributed by atoms with Gasteiger partial charge in [0.2, 0.25) is 0 Å². The van der Waals surface area contributed by atoms with Crippen molar-refractivity contribution in [3.05, 3.63) is 47.5 Å². The molecule has 2 aromatic heterocycles. The molecule has 0 bridgehead atoms. The zero-order valence-electron chi connectivity index (χ0n) is 14.8. The van der Waals surface area contributed by atoms with Crippen molar-refractivity contribution in [2.24, 2.45) is 0 Å². The van der Waals surface area contributed by atoms with Crippen LogP contribution >= 0.6 is 11.6 Å². The molecular formula is C18H20ClN5O4. The van der Waals surface area contributed by atoms with E-state index in [-0.39, 0.29) is 0 Å². The van der Waals surface area contributed by atoms with Gasteiger partial charge in [-0.15, -0.1) is 0 Å². The van der Waals surface area contributed by atoms with Crippen LogP contribution in [0, 0.1) is 0 Å². The number of aliphatic hydroxyl groups excluding tert-OH is 3. The first-order valence-electron chi connectivity index (χ1n) is 8.87. The maximum atomic E-state index is 10.2. The lowest BCUT2D eigenvalue weighted by Gasteiger charge is -2.16. The maximum absolute atomic E-state index is 10.2. The number of aromatic nitrogens is 4. The van der Waals surface area contributed by atoms with Crippen LogP contribution in [-0.4, -0.2) is 66.3 Å². The van der Waals surface area contributed by atoms with Gasteiger partial charge in [0, 0.05) is 11.6 Å². The van der Waals surface area contributed by atoms with E-state index in [1.807, 2.05) is 24.3 Å². The van der Waals surface area contributed by atoms with E-state index < -0.39 is 31.1 Å². The number of halogens is 1. The van der Waals surface area contributed by atoms with E-state index in [1.165, 1.54) is 17.2 Å². The van der Waals surface area contributed by atoms with E-state index in [1.54, 1.807) is 0 Å². The average molecular weight is 406 g/mol. The summed E-state index contributed by atoms with van der Waals surface area (Å²) in [6.45, 7) is 0.222. The summed E-state index contributed by atoms with van der Waals surface area (Å²) < 4.78 is 7.09. The fraction of sp³-hybridized carbons (Fsp3) is 0.389. The highest BCUT2D eigenvalue weighted by Crippen LogP contribution is 2.32. The van der Waals surface area contributed by atoms with Gasteiger partial charge in [0.15, 0.2) is 23.2 Å². The molecule has 10 heteroatoms. The molecule has 148 valence electrons. The van der Waals surface area contributed by atoms with Crippen molar-refractivity contribution in [1.29, 1.82) is 0 Å². The van der Waals surface area contributed by atoms with Gasteiger partial charge in [0.25, 0.3) is 0 Å². The molecule has 1 unspecified atom stereocenters. The minimum Gasteiger partial charge on any atom is -0.394 e. The van der Waals surface area contributed by atoms with E-state index in [9.17, 15) is 15.3 Å². The van der Waals surface area contributed by atoms with Crippen LogP contribution in [0.5, 0.6) is 0 Å². The number of hydrogen-bond acceptors (Lipinski definition) is 8. The second-order valence-corrected chi connectivity index (χ2v) is 7.02. The topological polar surface area (TPSA) is 126 Å². The van der Waals surface area contributed by atoms with Gasteiger partial charge < -0.3 is 25.4 Å². The molecule has 1 aliphatic rings. The molecule has 1 aliphatic heterocycles. The number of fused-ring (bicyclic) bond motifs is 1. The molecule has 9 nitrogen and oxygen atoms in total. The van der Waals surface area contributed by atoms with Gasteiger partial charge in [0.05, 0.1) is 12.9 Å². The van der Waals surface area contributed by atoms with Crippen LogP contribution in [0.2, 0.25) is 5.02 Å². The molecule has 1 saturated heterocycles.